The predicted octanol–water partition coefficient (Wildman–Crippen LogP) is 2.01. The summed E-state index contributed by atoms with van der Waals surface area (Å²) in [5.74, 6) is 0.759. The quantitative estimate of drug-likeness (QED) is 0.363. The summed E-state index contributed by atoms with van der Waals surface area (Å²) in [5.41, 5.74) is 0.301. The number of hydrogen-bond acceptors (Lipinski definition) is 3. The second-order valence-electron chi connectivity index (χ2n) is 6.89. The van der Waals surface area contributed by atoms with Crippen molar-refractivity contribution in [2.75, 3.05) is 46.9 Å². The number of ether oxygens (including phenoxy) is 1. The van der Waals surface area contributed by atoms with Crippen molar-refractivity contribution in [3.63, 3.8) is 0 Å². The van der Waals surface area contributed by atoms with Crippen LogP contribution in [0.15, 0.2) is 4.99 Å². The molecule has 1 aliphatic rings. The average molecular weight is 341 g/mol. The fourth-order valence-corrected chi connectivity index (χ4v) is 3.05. The van der Waals surface area contributed by atoms with Gasteiger partial charge < -0.3 is 20.3 Å². The minimum atomic E-state index is 0.0134. The van der Waals surface area contributed by atoms with E-state index in [-0.39, 0.29) is 12.5 Å². The van der Waals surface area contributed by atoms with E-state index in [9.17, 15) is 4.79 Å². The van der Waals surface area contributed by atoms with Crippen LogP contribution in [0.4, 0.5) is 0 Å². The van der Waals surface area contributed by atoms with Crippen LogP contribution >= 0.6 is 0 Å². The third-order valence-corrected chi connectivity index (χ3v) is 4.69. The highest BCUT2D eigenvalue weighted by Gasteiger charge is 2.33. The SMILES string of the molecule is CCCNC(=NCC(=O)N(C)C)NCC1(CCOCC)CCCC1. The average Bonchev–Trinajstić information content (AvgIpc) is 3.03. The molecule has 1 aliphatic carbocycles. The number of likely N-dealkylation sites (N-methyl/N-ethyl adjacent to an activating group) is 1. The highest BCUT2D eigenvalue weighted by molar-refractivity contribution is 5.84. The molecule has 0 heterocycles. The Labute approximate surface area is 147 Å². The minimum absolute atomic E-state index is 0.0134. The Kier molecular flexibility index (Phi) is 9.76. The van der Waals surface area contributed by atoms with E-state index in [1.165, 1.54) is 25.7 Å². The van der Waals surface area contributed by atoms with Crippen LogP contribution < -0.4 is 10.6 Å². The highest BCUT2D eigenvalue weighted by Crippen LogP contribution is 2.40. The van der Waals surface area contributed by atoms with E-state index in [0.717, 1.165) is 45.1 Å². The largest absolute Gasteiger partial charge is 0.382 e. The van der Waals surface area contributed by atoms with E-state index in [2.05, 4.69) is 22.5 Å². The molecule has 140 valence electrons. The molecule has 1 amide bonds. The Hall–Kier alpha value is -1.30. The molecule has 1 saturated carbocycles. The maximum Gasteiger partial charge on any atom is 0.243 e. The fourth-order valence-electron chi connectivity index (χ4n) is 3.05. The van der Waals surface area contributed by atoms with E-state index in [4.69, 9.17) is 4.74 Å². The lowest BCUT2D eigenvalue weighted by atomic mass is 9.83. The van der Waals surface area contributed by atoms with Crippen LogP contribution in [0.5, 0.6) is 0 Å². The molecule has 0 radical (unpaired) electrons. The van der Waals surface area contributed by atoms with E-state index in [0.29, 0.717) is 5.41 Å². The van der Waals surface area contributed by atoms with Crippen LogP contribution in [-0.2, 0) is 9.53 Å². The molecule has 0 aromatic heterocycles. The van der Waals surface area contributed by atoms with Gasteiger partial charge >= 0.3 is 0 Å². The first kappa shape index (κ1) is 20.7. The summed E-state index contributed by atoms with van der Waals surface area (Å²) < 4.78 is 5.57. The second kappa shape index (κ2) is 11.3. The lowest BCUT2D eigenvalue weighted by Gasteiger charge is -2.30. The third-order valence-electron chi connectivity index (χ3n) is 4.69. The molecule has 1 rings (SSSR count). The Bertz CT molecular complexity index is 390. The second-order valence-corrected chi connectivity index (χ2v) is 6.89. The Morgan fingerprint density at radius 1 is 1.21 bits per heavy atom. The molecule has 2 N–H and O–H groups in total. The van der Waals surface area contributed by atoms with Gasteiger partial charge in [0.15, 0.2) is 5.96 Å². The molecule has 0 aromatic carbocycles. The van der Waals surface area contributed by atoms with Crippen molar-refractivity contribution in [3.05, 3.63) is 0 Å². The Morgan fingerprint density at radius 3 is 2.50 bits per heavy atom. The van der Waals surface area contributed by atoms with Gasteiger partial charge in [0, 0.05) is 40.4 Å². The summed E-state index contributed by atoms with van der Waals surface area (Å²) >= 11 is 0. The molecule has 0 spiro atoms. The summed E-state index contributed by atoms with van der Waals surface area (Å²) in [6.45, 7) is 7.70. The molecule has 0 saturated heterocycles. The van der Waals surface area contributed by atoms with Crippen LogP contribution in [0.2, 0.25) is 0 Å². The lowest BCUT2D eigenvalue weighted by Crippen LogP contribution is -2.44. The van der Waals surface area contributed by atoms with Crippen LogP contribution in [0, 0.1) is 5.41 Å². The number of amides is 1. The molecule has 0 atom stereocenters. The number of rotatable bonds is 10. The molecular weight excluding hydrogens is 304 g/mol. The van der Waals surface area contributed by atoms with Crippen molar-refractivity contribution >= 4 is 11.9 Å². The molecule has 0 unspecified atom stereocenters. The van der Waals surface area contributed by atoms with Gasteiger partial charge in [0.2, 0.25) is 5.91 Å². The predicted molar refractivity (Wildman–Crippen MR) is 99.3 cm³/mol. The Morgan fingerprint density at radius 2 is 1.92 bits per heavy atom. The molecule has 0 aromatic rings. The highest BCUT2D eigenvalue weighted by atomic mass is 16.5. The topological polar surface area (TPSA) is 66.0 Å². The van der Waals surface area contributed by atoms with Crippen molar-refractivity contribution in [1.82, 2.24) is 15.5 Å². The van der Waals surface area contributed by atoms with Gasteiger partial charge in [-0.05, 0) is 38.0 Å². The summed E-state index contributed by atoms with van der Waals surface area (Å²) in [7, 11) is 3.51. The number of aliphatic imine (C=N–C) groups is 1. The number of carbonyl (C=O) groups excluding carboxylic acids is 1. The van der Waals surface area contributed by atoms with Gasteiger partial charge in [0.05, 0.1) is 0 Å². The zero-order valence-corrected chi connectivity index (χ0v) is 16.0. The first-order valence-electron chi connectivity index (χ1n) is 9.33. The molecule has 1 fully saturated rings. The van der Waals surface area contributed by atoms with E-state index in [1.807, 2.05) is 6.92 Å². The first-order valence-corrected chi connectivity index (χ1v) is 9.33. The fraction of sp³-hybridized carbons (Fsp3) is 0.889. The first-order chi connectivity index (χ1) is 11.5. The summed E-state index contributed by atoms with van der Waals surface area (Å²) in [6, 6.07) is 0. The number of carbonyl (C=O) groups is 1. The molecule has 0 aliphatic heterocycles. The third kappa shape index (κ3) is 7.51. The normalized spacial score (nSPS) is 16.9. The van der Waals surface area contributed by atoms with E-state index in [1.54, 1.807) is 19.0 Å². The van der Waals surface area contributed by atoms with Gasteiger partial charge in [0.1, 0.15) is 6.54 Å². The van der Waals surface area contributed by atoms with Gasteiger partial charge in [-0.25, -0.2) is 4.99 Å². The summed E-state index contributed by atoms with van der Waals surface area (Å²) in [4.78, 5) is 17.8. The zero-order valence-electron chi connectivity index (χ0n) is 16.0. The van der Waals surface area contributed by atoms with Crippen molar-refractivity contribution in [3.8, 4) is 0 Å². The summed E-state index contributed by atoms with van der Waals surface area (Å²) in [6.07, 6.45) is 7.18. The van der Waals surface area contributed by atoms with Crippen molar-refractivity contribution in [1.29, 1.82) is 0 Å². The smallest absolute Gasteiger partial charge is 0.243 e. The number of hydrogen-bond donors (Lipinski definition) is 2. The van der Waals surface area contributed by atoms with Crippen molar-refractivity contribution < 1.29 is 9.53 Å². The van der Waals surface area contributed by atoms with Gasteiger partial charge in [-0.3, -0.25) is 4.79 Å². The van der Waals surface area contributed by atoms with Gasteiger partial charge in [-0.2, -0.15) is 0 Å². The van der Waals surface area contributed by atoms with Crippen LogP contribution in [-0.4, -0.2) is 63.7 Å². The van der Waals surface area contributed by atoms with Gasteiger partial charge in [0.25, 0.3) is 0 Å². The van der Waals surface area contributed by atoms with Gasteiger partial charge in [-0.15, -0.1) is 0 Å². The molecule has 24 heavy (non-hydrogen) atoms. The maximum atomic E-state index is 11.8. The molecule has 0 bridgehead atoms. The van der Waals surface area contributed by atoms with E-state index < -0.39 is 0 Å². The molecular formula is C18H36N4O2. The number of guanidine groups is 1. The Balaban J connectivity index is 2.59. The number of nitrogens with one attached hydrogen (secondary N) is 2. The number of nitrogens with zero attached hydrogens (tertiary/aromatic N) is 2. The minimum Gasteiger partial charge on any atom is -0.382 e. The lowest BCUT2D eigenvalue weighted by molar-refractivity contribution is -0.127. The zero-order chi connectivity index (χ0) is 17.8. The standard InChI is InChI=1S/C18H36N4O2/c1-5-12-19-17(20-14-16(23)22(3)4)21-15-18(9-7-8-10-18)11-13-24-6-2/h5-15H2,1-4H3,(H2,19,20,21). The van der Waals surface area contributed by atoms with Crippen LogP contribution in [0.3, 0.4) is 0 Å². The summed E-state index contributed by atoms with van der Waals surface area (Å²) in [5, 5.41) is 6.78. The van der Waals surface area contributed by atoms with Crippen LogP contribution in [0.25, 0.3) is 0 Å². The maximum absolute atomic E-state index is 11.8. The van der Waals surface area contributed by atoms with Gasteiger partial charge in [-0.1, -0.05) is 19.8 Å². The van der Waals surface area contributed by atoms with E-state index >= 15 is 0 Å². The van der Waals surface area contributed by atoms with Crippen molar-refractivity contribution in [2.45, 2.75) is 52.4 Å². The van der Waals surface area contributed by atoms with Crippen LogP contribution in [0.1, 0.15) is 52.4 Å². The monoisotopic (exact) mass is 340 g/mol. The molecule has 6 nitrogen and oxygen atoms in total. The molecule has 6 heteroatoms. The van der Waals surface area contributed by atoms with Crippen molar-refractivity contribution in [2.24, 2.45) is 10.4 Å².